The number of benzene rings is 1. The van der Waals surface area contributed by atoms with Gasteiger partial charge in [-0.3, -0.25) is 4.79 Å². The average Bonchev–Trinajstić information content (AvgIpc) is 3.62. The van der Waals surface area contributed by atoms with Crippen LogP contribution in [0, 0.1) is 5.82 Å². The summed E-state index contributed by atoms with van der Waals surface area (Å²) in [5.41, 5.74) is 9.34. The molecule has 2 aliphatic heterocycles. The van der Waals surface area contributed by atoms with Crippen molar-refractivity contribution in [1.29, 1.82) is 0 Å². The first-order valence-corrected chi connectivity index (χ1v) is 12.4. The largest absolute Gasteiger partial charge is 0.365 e. The normalized spacial score (nSPS) is 16.7. The molecule has 1 aromatic carbocycles. The monoisotopic (exact) mass is 490 g/mol. The van der Waals surface area contributed by atoms with Gasteiger partial charge >= 0.3 is 0 Å². The second-order valence-corrected chi connectivity index (χ2v) is 9.55. The number of nitrogens with one attached hydrogen (secondary N) is 1. The van der Waals surface area contributed by atoms with Gasteiger partial charge < -0.3 is 20.5 Å². The molecule has 3 aromatic heterocycles. The number of fused-ring (bicyclic) bond motifs is 1. The van der Waals surface area contributed by atoms with E-state index in [1.807, 2.05) is 29.6 Å². The van der Waals surface area contributed by atoms with Crippen molar-refractivity contribution in [2.75, 3.05) is 23.9 Å². The van der Waals surface area contributed by atoms with E-state index in [1.165, 1.54) is 23.9 Å². The Morgan fingerprint density at radius 3 is 2.69 bits per heavy atom. The number of imidazole rings is 2. The molecule has 2 aliphatic rings. The number of carbonyl (C=O) groups is 1. The molecule has 9 nitrogen and oxygen atoms in total. The maximum atomic E-state index is 13.6. The Kier molecular flexibility index (Phi) is 5.50. The molecule has 0 radical (unpaired) electrons. The molecular weight excluding hydrogens is 467 g/mol. The van der Waals surface area contributed by atoms with Crippen molar-refractivity contribution >= 4 is 29.1 Å². The maximum Gasteiger partial charge on any atom is 0.256 e. The van der Waals surface area contributed by atoms with Gasteiger partial charge in [0, 0.05) is 17.8 Å². The van der Waals surface area contributed by atoms with E-state index >= 15 is 0 Å². The van der Waals surface area contributed by atoms with Gasteiger partial charge in [-0.25, -0.2) is 18.9 Å². The molecule has 1 fully saturated rings. The van der Waals surface area contributed by atoms with Gasteiger partial charge in [0.05, 0.1) is 34.7 Å². The zero-order chi connectivity index (χ0) is 23.9. The molecule has 4 aromatic rings. The third kappa shape index (κ3) is 4.06. The highest BCUT2D eigenvalue weighted by molar-refractivity contribution is 8.04. The number of carbonyl (C=O) groups excluding carboxylic acids is 1. The first-order valence-electron chi connectivity index (χ1n) is 11.4. The van der Waals surface area contributed by atoms with Crippen molar-refractivity contribution in [3.63, 3.8) is 0 Å². The van der Waals surface area contributed by atoms with Gasteiger partial charge in [0.25, 0.3) is 5.91 Å². The molecule has 6 rings (SSSR count). The lowest BCUT2D eigenvalue weighted by Crippen LogP contribution is -2.29. The summed E-state index contributed by atoms with van der Waals surface area (Å²) in [6.45, 7) is 1.89. The van der Waals surface area contributed by atoms with Gasteiger partial charge in [-0.2, -0.15) is 5.10 Å². The number of hydrogen-bond donors (Lipinski definition) is 2. The Hall–Kier alpha value is -3.70. The minimum Gasteiger partial charge on any atom is -0.365 e. The summed E-state index contributed by atoms with van der Waals surface area (Å²) < 4.78 is 17.5. The fraction of sp³-hybridized carbons (Fsp3) is 0.250. The van der Waals surface area contributed by atoms with Gasteiger partial charge in [-0.05, 0) is 62.3 Å². The van der Waals surface area contributed by atoms with Crippen molar-refractivity contribution in [2.45, 2.75) is 18.9 Å². The zero-order valence-electron chi connectivity index (χ0n) is 18.8. The molecule has 0 spiro atoms. The summed E-state index contributed by atoms with van der Waals surface area (Å²) in [6, 6.07) is 10.5. The third-order valence-corrected chi connectivity index (χ3v) is 7.36. The Bertz CT molecular complexity index is 1440. The smallest absolute Gasteiger partial charge is 0.256 e. The number of anilines is 1. The van der Waals surface area contributed by atoms with Crippen LogP contribution in [0.3, 0.4) is 0 Å². The molecule has 178 valence electrons. The highest BCUT2D eigenvalue weighted by atomic mass is 32.2. The number of thioether (sulfide) groups is 1. The lowest BCUT2D eigenvalue weighted by atomic mass is 10.0. The number of primary amides is 1. The fourth-order valence-electron chi connectivity index (χ4n) is 4.55. The van der Waals surface area contributed by atoms with E-state index in [1.54, 1.807) is 22.8 Å². The van der Waals surface area contributed by atoms with E-state index in [0.717, 1.165) is 48.6 Å². The quantitative estimate of drug-likeness (QED) is 0.443. The van der Waals surface area contributed by atoms with Crippen LogP contribution in [0.25, 0.3) is 28.3 Å². The first kappa shape index (κ1) is 21.8. The second kappa shape index (κ2) is 8.82. The van der Waals surface area contributed by atoms with Gasteiger partial charge in [0.2, 0.25) is 0 Å². The van der Waals surface area contributed by atoms with Crippen LogP contribution in [0.4, 0.5) is 10.2 Å². The number of rotatable bonds is 5. The summed E-state index contributed by atoms with van der Waals surface area (Å²) in [6.07, 6.45) is 7.40. The topological polar surface area (TPSA) is 106 Å². The molecule has 0 saturated carbocycles. The zero-order valence-corrected chi connectivity index (χ0v) is 19.6. The van der Waals surface area contributed by atoms with Crippen molar-refractivity contribution in [3.8, 4) is 22.6 Å². The van der Waals surface area contributed by atoms with Gasteiger partial charge in [-0.15, -0.1) is 0 Å². The van der Waals surface area contributed by atoms with E-state index in [4.69, 9.17) is 15.8 Å². The number of amides is 1. The minimum absolute atomic E-state index is 0.285. The molecule has 3 N–H and O–H groups in total. The molecule has 1 amide bonds. The molecule has 35 heavy (non-hydrogen) atoms. The molecule has 1 saturated heterocycles. The number of nitrogens with two attached hydrogens (primary N) is 1. The second-order valence-electron chi connectivity index (χ2n) is 8.56. The summed E-state index contributed by atoms with van der Waals surface area (Å²) >= 11 is 1.38. The van der Waals surface area contributed by atoms with Crippen molar-refractivity contribution < 1.29 is 9.18 Å². The Morgan fingerprint density at radius 2 is 1.94 bits per heavy atom. The van der Waals surface area contributed by atoms with Crippen molar-refractivity contribution in [3.05, 3.63) is 65.8 Å². The SMILES string of the molecule is NC(=O)C1=CN(c2cn3nc(-c4c(-c5ccc(F)cc5)ncn4C4CCNCC4)ccc3n2)CS1. The number of piperidine rings is 1. The van der Waals surface area contributed by atoms with Crippen LogP contribution in [0.15, 0.2) is 60.0 Å². The molecular formula is C24H23FN8OS. The molecule has 0 aliphatic carbocycles. The van der Waals surface area contributed by atoms with E-state index in [9.17, 15) is 9.18 Å². The van der Waals surface area contributed by atoms with E-state index in [2.05, 4.69) is 14.9 Å². The number of aromatic nitrogens is 5. The first-order chi connectivity index (χ1) is 17.1. The van der Waals surface area contributed by atoms with Crippen LogP contribution >= 0.6 is 11.8 Å². The van der Waals surface area contributed by atoms with Crippen molar-refractivity contribution in [1.82, 2.24) is 29.5 Å². The van der Waals surface area contributed by atoms with Gasteiger partial charge in [0.1, 0.15) is 11.5 Å². The maximum absolute atomic E-state index is 13.6. The van der Waals surface area contributed by atoms with Crippen LogP contribution < -0.4 is 16.0 Å². The standard InChI is InChI=1S/C24H23FN8OS/c25-16-3-1-15(2-4-16)22-23(32(13-28-22)17-7-9-27-10-8-17)18-5-6-20-29-21(12-33(20)30-18)31-11-19(24(26)34)35-14-31/h1-6,11-13,17,27H,7-10,14H2,(H2,26,34). The molecule has 5 heterocycles. The summed E-state index contributed by atoms with van der Waals surface area (Å²) in [5, 5.41) is 8.29. The molecule has 0 bridgehead atoms. The molecule has 0 unspecified atom stereocenters. The summed E-state index contributed by atoms with van der Waals surface area (Å²) in [5.74, 6) is 0.518. The van der Waals surface area contributed by atoms with Crippen LogP contribution in [0.2, 0.25) is 0 Å². The Balaban J connectivity index is 1.43. The van der Waals surface area contributed by atoms with Gasteiger partial charge in [-0.1, -0.05) is 11.8 Å². The lowest BCUT2D eigenvalue weighted by Gasteiger charge is -2.25. The highest BCUT2D eigenvalue weighted by Crippen LogP contribution is 2.35. The highest BCUT2D eigenvalue weighted by Gasteiger charge is 2.24. The van der Waals surface area contributed by atoms with Crippen molar-refractivity contribution in [2.24, 2.45) is 5.73 Å². The Morgan fingerprint density at radius 1 is 1.14 bits per heavy atom. The predicted molar refractivity (Wildman–Crippen MR) is 133 cm³/mol. The lowest BCUT2D eigenvalue weighted by molar-refractivity contribution is -0.113. The van der Waals surface area contributed by atoms with Crippen LogP contribution in [0.1, 0.15) is 18.9 Å². The van der Waals surface area contributed by atoms with Crippen LogP contribution in [0.5, 0.6) is 0 Å². The molecule has 0 atom stereocenters. The van der Waals surface area contributed by atoms with Crippen LogP contribution in [-0.4, -0.2) is 49.0 Å². The van der Waals surface area contributed by atoms with E-state index in [-0.39, 0.29) is 5.82 Å². The average molecular weight is 491 g/mol. The van der Waals surface area contributed by atoms with E-state index in [0.29, 0.717) is 28.3 Å². The van der Waals surface area contributed by atoms with E-state index < -0.39 is 5.91 Å². The molecule has 11 heteroatoms. The Labute approximate surface area is 204 Å². The summed E-state index contributed by atoms with van der Waals surface area (Å²) in [4.78, 5) is 23.3. The number of hydrogen-bond acceptors (Lipinski definition) is 7. The van der Waals surface area contributed by atoms with Crippen LogP contribution in [-0.2, 0) is 4.79 Å². The van der Waals surface area contributed by atoms with Gasteiger partial charge in [0.15, 0.2) is 11.5 Å². The fourth-order valence-corrected chi connectivity index (χ4v) is 5.38. The minimum atomic E-state index is -0.443. The number of halogens is 1. The third-order valence-electron chi connectivity index (χ3n) is 6.33. The predicted octanol–water partition coefficient (Wildman–Crippen LogP) is 3.16. The summed E-state index contributed by atoms with van der Waals surface area (Å²) in [7, 11) is 0. The number of nitrogens with zero attached hydrogens (tertiary/aromatic N) is 6.